The number of anilines is 1. The number of nitrogens with two attached hydrogens (primary N) is 1. The number of rotatable bonds is 3. The van der Waals surface area contributed by atoms with Crippen molar-refractivity contribution in [1.82, 2.24) is 19.4 Å². The van der Waals surface area contributed by atoms with Gasteiger partial charge in [0.25, 0.3) is 0 Å². The standard InChI is InChI=1S/C21H20ClN5O3/c22-13-5-6-15(28)12-9-14(25-16(12)13)17-18-19(23)24-7-8-27(18)20(26-17)10-1-3-11(4-2-10)21(29)30/h5-11,25,28H,1-4H2,(H2,23,24)(H,29,30). The lowest BCUT2D eigenvalue weighted by atomic mass is 9.81. The first-order valence-electron chi connectivity index (χ1n) is 9.80. The highest BCUT2D eigenvalue weighted by molar-refractivity contribution is 6.35. The zero-order chi connectivity index (χ0) is 21.0. The number of phenolic OH excluding ortho intramolecular Hbond substituents is 1. The Balaban J connectivity index is 1.65. The van der Waals surface area contributed by atoms with Crippen LogP contribution in [0.4, 0.5) is 5.82 Å². The smallest absolute Gasteiger partial charge is 0.306 e. The van der Waals surface area contributed by atoms with Crippen LogP contribution in [0.25, 0.3) is 27.8 Å². The topological polar surface area (TPSA) is 130 Å². The van der Waals surface area contributed by atoms with Gasteiger partial charge in [0.05, 0.1) is 22.2 Å². The molecule has 8 nitrogen and oxygen atoms in total. The number of carboxylic acid groups (broad SMARTS) is 1. The number of aromatic hydroxyl groups is 1. The summed E-state index contributed by atoms with van der Waals surface area (Å²) in [6.45, 7) is 0. The average Bonchev–Trinajstić information content (AvgIpc) is 3.34. The van der Waals surface area contributed by atoms with E-state index < -0.39 is 5.97 Å². The molecule has 0 bridgehead atoms. The van der Waals surface area contributed by atoms with E-state index in [9.17, 15) is 15.0 Å². The van der Waals surface area contributed by atoms with E-state index in [0.717, 1.165) is 18.7 Å². The van der Waals surface area contributed by atoms with Crippen LogP contribution in [0.2, 0.25) is 5.02 Å². The van der Waals surface area contributed by atoms with Crippen molar-refractivity contribution in [2.24, 2.45) is 5.92 Å². The van der Waals surface area contributed by atoms with Gasteiger partial charge in [-0.2, -0.15) is 0 Å². The van der Waals surface area contributed by atoms with Crippen molar-refractivity contribution in [2.45, 2.75) is 31.6 Å². The molecule has 1 saturated carbocycles. The number of hydrogen-bond donors (Lipinski definition) is 4. The molecule has 3 heterocycles. The number of halogens is 1. The molecular weight excluding hydrogens is 406 g/mol. The van der Waals surface area contributed by atoms with Crippen LogP contribution < -0.4 is 5.73 Å². The molecule has 0 spiro atoms. The minimum atomic E-state index is -0.731. The van der Waals surface area contributed by atoms with E-state index >= 15 is 0 Å². The Morgan fingerprint density at radius 3 is 2.73 bits per heavy atom. The predicted octanol–water partition coefficient (Wildman–Crippen LogP) is 4.18. The number of aromatic nitrogens is 4. The lowest BCUT2D eigenvalue weighted by Crippen LogP contribution is -2.21. The Kier molecular flexibility index (Phi) is 4.32. The molecule has 0 saturated heterocycles. The zero-order valence-electron chi connectivity index (χ0n) is 16.0. The van der Waals surface area contributed by atoms with Gasteiger partial charge in [-0.1, -0.05) is 11.6 Å². The molecule has 5 rings (SSSR count). The summed E-state index contributed by atoms with van der Waals surface area (Å²) in [4.78, 5) is 23.7. The minimum Gasteiger partial charge on any atom is -0.507 e. The summed E-state index contributed by atoms with van der Waals surface area (Å²) < 4.78 is 1.94. The second kappa shape index (κ2) is 6.91. The van der Waals surface area contributed by atoms with E-state index in [1.165, 1.54) is 0 Å². The molecule has 1 fully saturated rings. The summed E-state index contributed by atoms with van der Waals surface area (Å²) in [6, 6.07) is 4.99. The maximum Gasteiger partial charge on any atom is 0.306 e. The summed E-state index contributed by atoms with van der Waals surface area (Å²) in [6.07, 6.45) is 6.21. The number of hydrogen-bond acceptors (Lipinski definition) is 5. The number of H-pyrrole nitrogens is 1. The van der Waals surface area contributed by atoms with Crippen molar-refractivity contribution in [1.29, 1.82) is 0 Å². The van der Waals surface area contributed by atoms with Gasteiger partial charge in [0, 0.05) is 23.7 Å². The molecule has 5 N–H and O–H groups in total. The summed E-state index contributed by atoms with van der Waals surface area (Å²) in [5, 5.41) is 20.6. The van der Waals surface area contributed by atoms with Gasteiger partial charge in [-0.25, -0.2) is 9.97 Å². The Morgan fingerprint density at radius 2 is 2.03 bits per heavy atom. The highest BCUT2D eigenvalue weighted by Crippen LogP contribution is 2.40. The Hall–Kier alpha value is -3.26. The fourth-order valence-corrected chi connectivity index (χ4v) is 4.67. The van der Waals surface area contributed by atoms with Crippen molar-refractivity contribution in [2.75, 3.05) is 5.73 Å². The number of aromatic amines is 1. The molecule has 4 aromatic rings. The monoisotopic (exact) mass is 425 g/mol. The Bertz CT molecular complexity index is 1250. The van der Waals surface area contributed by atoms with Crippen LogP contribution in [0.15, 0.2) is 30.6 Å². The van der Waals surface area contributed by atoms with E-state index in [1.807, 2.05) is 10.6 Å². The molecule has 0 aliphatic heterocycles. The second-order valence-electron chi connectivity index (χ2n) is 7.77. The first-order chi connectivity index (χ1) is 14.4. The number of nitrogens with one attached hydrogen (secondary N) is 1. The third-order valence-corrected chi connectivity index (χ3v) is 6.34. The second-order valence-corrected chi connectivity index (χ2v) is 8.18. The molecule has 0 radical (unpaired) electrons. The number of benzene rings is 1. The van der Waals surface area contributed by atoms with E-state index in [-0.39, 0.29) is 17.6 Å². The molecule has 1 aliphatic carbocycles. The van der Waals surface area contributed by atoms with Crippen LogP contribution in [0, 0.1) is 5.92 Å². The van der Waals surface area contributed by atoms with Gasteiger partial charge in [0.2, 0.25) is 0 Å². The van der Waals surface area contributed by atoms with E-state index in [1.54, 1.807) is 24.4 Å². The van der Waals surface area contributed by atoms with Gasteiger partial charge in [0.1, 0.15) is 28.6 Å². The normalized spacial score (nSPS) is 19.5. The van der Waals surface area contributed by atoms with Crippen molar-refractivity contribution >= 4 is 39.8 Å². The molecular formula is C21H20ClN5O3. The van der Waals surface area contributed by atoms with Gasteiger partial charge in [-0.3, -0.25) is 9.20 Å². The van der Waals surface area contributed by atoms with Crippen LogP contribution in [0.3, 0.4) is 0 Å². The van der Waals surface area contributed by atoms with Crippen LogP contribution >= 0.6 is 11.6 Å². The number of carboxylic acids is 1. The number of phenols is 1. The summed E-state index contributed by atoms with van der Waals surface area (Å²) >= 11 is 6.29. The number of fused-ring (bicyclic) bond motifs is 2. The molecule has 1 aromatic carbocycles. The fraction of sp³-hybridized carbons (Fsp3) is 0.286. The highest BCUT2D eigenvalue weighted by Gasteiger charge is 2.30. The maximum atomic E-state index is 11.3. The average molecular weight is 426 g/mol. The quantitative estimate of drug-likeness (QED) is 0.389. The number of nitrogens with zero attached hydrogens (tertiary/aromatic N) is 3. The van der Waals surface area contributed by atoms with Crippen molar-refractivity contribution in [3.05, 3.63) is 41.4 Å². The number of aliphatic carboxylic acids is 1. The summed E-state index contributed by atoms with van der Waals surface area (Å²) in [5.74, 6) is 0.415. The fourth-order valence-electron chi connectivity index (χ4n) is 4.46. The molecule has 9 heteroatoms. The van der Waals surface area contributed by atoms with Crippen molar-refractivity contribution < 1.29 is 15.0 Å². The first kappa shape index (κ1) is 18.7. The number of nitrogen functional groups attached to an aromatic ring is 1. The van der Waals surface area contributed by atoms with E-state index in [4.69, 9.17) is 22.3 Å². The molecule has 0 atom stereocenters. The largest absolute Gasteiger partial charge is 0.507 e. The molecule has 3 aromatic heterocycles. The zero-order valence-corrected chi connectivity index (χ0v) is 16.7. The van der Waals surface area contributed by atoms with Crippen LogP contribution in [-0.2, 0) is 4.79 Å². The molecule has 1 aliphatic rings. The predicted molar refractivity (Wildman–Crippen MR) is 114 cm³/mol. The molecule has 0 unspecified atom stereocenters. The summed E-state index contributed by atoms with van der Waals surface area (Å²) in [5.41, 5.74) is 8.82. The number of imidazole rings is 1. The third kappa shape index (κ3) is 2.87. The third-order valence-electron chi connectivity index (χ3n) is 6.03. The van der Waals surface area contributed by atoms with Gasteiger partial charge >= 0.3 is 5.97 Å². The van der Waals surface area contributed by atoms with Crippen LogP contribution in [0.1, 0.15) is 37.4 Å². The highest BCUT2D eigenvalue weighted by atomic mass is 35.5. The summed E-state index contributed by atoms with van der Waals surface area (Å²) in [7, 11) is 0. The minimum absolute atomic E-state index is 0.124. The lowest BCUT2D eigenvalue weighted by Gasteiger charge is -2.25. The Labute approximate surface area is 176 Å². The SMILES string of the molecule is Nc1nccn2c(C3CCC(C(=O)O)CC3)nc(-c3cc4c(O)ccc(Cl)c4[nH]3)c12. The lowest BCUT2D eigenvalue weighted by molar-refractivity contribution is -0.142. The van der Waals surface area contributed by atoms with Crippen molar-refractivity contribution in [3.8, 4) is 17.1 Å². The maximum absolute atomic E-state index is 11.3. The van der Waals surface area contributed by atoms with Crippen molar-refractivity contribution in [3.63, 3.8) is 0 Å². The van der Waals surface area contributed by atoms with Gasteiger partial charge in [-0.05, 0) is 43.9 Å². The Morgan fingerprint density at radius 1 is 1.27 bits per heavy atom. The molecule has 0 amide bonds. The van der Waals surface area contributed by atoms with Crippen LogP contribution in [0.5, 0.6) is 5.75 Å². The first-order valence-corrected chi connectivity index (χ1v) is 10.2. The van der Waals surface area contributed by atoms with Gasteiger partial charge in [-0.15, -0.1) is 0 Å². The van der Waals surface area contributed by atoms with Gasteiger partial charge in [0.15, 0.2) is 0 Å². The van der Waals surface area contributed by atoms with E-state index in [2.05, 4.69) is 9.97 Å². The van der Waals surface area contributed by atoms with E-state index in [0.29, 0.717) is 51.5 Å². The molecule has 30 heavy (non-hydrogen) atoms. The number of carbonyl (C=O) groups is 1. The van der Waals surface area contributed by atoms with Gasteiger partial charge < -0.3 is 20.9 Å². The van der Waals surface area contributed by atoms with Crippen LogP contribution in [-0.4, -0.2) is 35.5 Å². The molecule has 154 valence electrons.